The van der Waals surface area contributed by atoms with Crippen molar-refractivity contribution in [2.45, 2.75) is 105 Å². The van der Waals surface area contributed by atoms with Gasteiger partial charge >= 0.3 is 0 Å². The van der Waals surface area contributed by atoms with Crippen molar-refractivity contribution in [3.63, 3.8) is 0 Å². The quantitative estimate of drug-likeness (QED) is 0.311. The first-order valence-electron chi connectivity index (χ1n) is 8.74. The molecular formula is C18H38. The molecule has 0 aromatic carbocycles. The molecule has 0 aliphatic carbocycles. The van der Waals surface area contributed by atoms with Crippen LogP contribution in [0.25, 0.3) is 0 Å². The summed E-state index contributed by atoms with van der Waals surface area (Å²) in [5.74, 6) is 1.96. The molecule has 0 rings (SSSR count). The van der Waals surface area contributed by atoms with E-state index in [1.54, 1.807) is 0 Å². The molecule has 0 heterocycles. The van der Waals surface area contributed by atoms with Crippen LogP contribution in [0.4, 0.5) is 0 Å². The fraction of sp³-hybridized carbons (Fsp3) is 1.00. The van der Waals surface area contributed by atoms with Crippen LogP contribution in [0, 0.1) is 11.8 Å². The Morgan fingerprint density at radius 3 is 1.78 bits per heavy atom. The SMILES string of the molecule is CCCCCCCCC(C)CCCC(CC)CC. The molecule has 0 nitrogen and oxygen atoms in total. The molecule has 0 fully saturated rings. The second kappa shape index (κ2) is 13.4. The molecular weight excluding hydrogens is 216 g/mol. The maximum Gasteiger partial charge on any atom is -0.0420 e. The third-order valence-corrected chi connectivity index (χ3v) is 4.51. The zero-order chi connectivity index (χ0) is 13.6. The van der Waals surface area contributed by atoms with E-state index in [1.165, 1.54) is 77.0 Å². The zero-order valence-corrected chi connectivity index (χ0v) is 13.6. The van der Waals surface area contributed by atoms with Crippen LogP contribution in [0.5, 0.6) is 0 Å². The van der Waals surface area contributed by atoms with Gasteiger partial charge in [-0.15, -0.1) is 0 Å². The van der Waals surface area contributed by atoms with Crippen molar-refractivity contribution < 1.29 is 0 Å². The van der Waals surface area contributed by atoms with E-state index in [0.29, 0.717) is 0 Å². The van der Waals surface area contributed by atoms with E-state index in [0.717, 1.165) is 11.8 Å². The Kier molecular flexibility index (Phi) is 13.4. The average molecular weight is 255 g/mol. The fourth-order valence-corrected chi connectivity index (χ4v) is 2.87. The Balaban J connectivity index is 3.29. The maximum atomic E-state index is 2.46. The maximum absolute atomic E-state index is 2.46. The number of hydrogen-bond donors (Lipinski definition) is 0. The van der Waals surface area contributed by atoms with Crippen LogP contribution in [0.2, 0.25) is 0 Å². The average Bonchev–Trinajstić information content (AvgIpc) is 2.39. The molecule has 0 spiro atoms. The van der Waals surface area contributed by atoms with Gasteiger partial charge in [0, 0.05) is 0 Å². The zero-order valence-electron chi connectivity index (χ0n) is 13.6. The van der Waals surface area contributed by atoms with Gasteiger partial charge in [0.1, 0.15) is 0 Å². The lowest BCUT2D eigenvalue weighted by Crippen LogP contribution is -2.00. The highest BCUT2D eigenvalue weighted by Gasteiger charge is 2.06. The van der Waals surface area contributed by atoms with Gasteiger partial charge < -0.3 is 0 Å². The first-order valence-corrected chi connectivity index (χ1v) is 8.74. The molecule has 0 radical (unpaired) electrons. The van der Waals surface area contributed by atoms with Gasteiger partial charge in [0.05, 0.1) is 0 Å². The van der Waals surface area contributed by atoms with Crippen LogP contribution in [0.3, 0.4) is 0 Å². The fourth-order valence-electron chi connectivity index (χ4n) is 2.87. The van der Waals surface area contributed by atoms with Gasteiger partial charge in [-0.2, -0.15) is 0 Å². The van der Waals surface area contributed by atoms with Gasteiger partial charge in [0.15, 0.2) is 0 Å². The Morgan fingerprint density at radius 1 is 0.611 bits per heavy atom. The lowest BCUT2D eigenvalue weighted by molar-refractivity contribution is 0.385. The number of hydrogen-bond acceptors (Lipinski definition) is 0. The first-order chi connectivity index (χ1) is 8.74. The molecule has 18 heavy (non-hydrogen) atoms. The van der Waals surface area contributed by atoms with Crippen molar-refractivity contribution in [3.8, 4) is 0 Å². The summed E-state index contributed by atoms with van der Waals surface area (Å²) in [5.41, 5.74) is 0. The topological polar surface area (TPSA) is 0 Å². The summed E-state index contributed by atoms with van der Waals surface area (Å²) in [6.07, 6.45) is 17.3. The summed E-state index contributed by atoms with van der Waals surface area (Å²) in [5, 5.41) is 0. The van der Waals surface area contributed by atoms with Crippen molar-refractivity contribution >= 4 is 0 Å². The van der Waals surface area contributed by atoms with Gasteiger partial charge in [0.25, 0.3) is 0 Å². The summed E-state index contributed by atoms with van der Waals surface area (Å²) in [6, 6.07) is 0. The van der Waals surface area contributed by atoms with E-state index in [4.69, 9.17) is 0 Å². The van der Waals surface area contributed by atoms with Gasteiger partial charge in [-0.3, -0.25) is 0 Å². The minimum atomic E-state index is 0.963. The summed E-state index contributed by atoms with van der Waals surface area (Å²) in [6.45, 7) is 9.43. The predicted molar refractivity (Wildman–Crippen MR) is 85.1 cm³/mol. The highest BCUT2D eigenvalue weighted by Crippen LogP contribution is 2.21. The lowest BCUT2D eigenvalue weighted by atomic mass is 9.92. The van der Waals surface area contributed by atoms with E-state index in [-0.39, 0.29) is 0 Å². The molecule has 0 aromatic heterocycles. The van der Waals surface area contributed by atoms with E-state index < -0.39 is 0 Å². The Hall–Kier alpha value is 0. The minimum Gasteiger partial charge on any atom is -0.0654 e. The van der Waals surface area contributed by atoms with Crippen molar-refractivity contribution in [2.24, 2.45) is 11.8 Å². The molecule has 0 saturated carbocycles. The molecule has 0 N–H and O–H groups in total. The Morgan fingerprint density at radius 2 is 1.17 bits per heavy atom. The van der Waals surface area contributed by atoms with Crippen LogP contribution in [0.1, 0.15) is 105 Å². The van der Waals surface area contributed by atoms with E-state index >= 15 is 0 Å². The third-order valence-electron chi connectivity index (χ3n) is 4.51. The monoisotopic (exact) mass is 254 g/mol. The summed E-state index contributed by atoms with van der Waals surface area (Å²) >= 11 is 0. The van der Waals surface area contributed by atoms with E-state index in [1.807, 2.05) is 0 Å². The second-order valence-corrected chi connectivity index (χ2v) is 6.28. The summed E-state index contributed by atoms with van der Waals surface area (Å²) in [7, 11) is 0. The van der Waals surface area contributed by atoms with Gasteiger partial charge in [0.2, 0.25) is 0 Å². The summed E-state index contributed by atoms with van der Waals surface area (Å²) < 4.78 is 0. The second-order valence-electron chi connectivity index (χ2n) is 6.28. The Labute approximate surface area is 117 Å². The van der Waals surface area contributed by atoms with Gasteiger partial charge in [-0.05, 0) is 11.8 Å². The molecule has 1 unspecified atom stereocenters. The molecule has 0 aliphatic heterocycles. The molecule has 1 atom stereocenters. The largest absolute Gasteiger partial charge is 0.0654 e. The van der Waals surface area contributed by atoms with E-state index in [2.05, 4.69) is 27.7 Å². The Bertz CT molecular complexity index is 146. The van der Waals surface area contributed by atoms with Crippen molar-refractivity contribution in [1.29, 1.82) is 0 Å². The van der Waals surface area contributed by atoms with Crippen LogP contribution >= 0.6 is 0 Å². The van der Waals surface area contributed by atoms with Crippen LogP contribution in [-0.2, 0) is 0 Å². The van der Waals surface area contributed by atoms with Crippen molar-refractivity contribution in [3.05, 3.63) is 0 Å². The number of unbranched alkanes of at least 4 members (excludes halogenated alkanes) is 5. The first kappa shape index (κ1) is 18.0. The van der Waals surface area contributed by atoms with Gasteiger partial charge in [-0.1, -0.05) is 105 Å². The molecule has 0 amide bonds. The predicted octanol–water partition coefficient (Wildman–Crippen LogP) is 6.98. The summed E-state index contributed by atoms with van der Waals surface area (Å²) in [4.78, 5) is 0. The molecule has 0 heteroatoms. The molecule has 0 bridgehead atoms. The smallest absolute Gasteiger partial charge is 0.0420 e. The highest BCUT2D eigenvalue weighted by atomic mass is 14.1. The van der Waals surface area contributed by atoms with Crippen LogP contribution < -0.4 is 0 Å². The molecule has 0 saturated heterocycles. The molecule has 0 aliphatic rings. The normalized spacial score (nSPS) is 13.2. The third kappa shape index (κ3) is 11.1. The van der Waals surface area contributed by atoms with E-state index in [9.17, 15) is 0 Å². The minimum absolute atomic E-state index is 0.963. The van der Waals surface area contributed by atoms with Gasteiger partial charge in [-0.25, -0.2) is 0 Å². The van der Waals surface area contributed by atoms with Crippen LogP contribution in [-0.4, -0.2) is 0 Å². The van der Waals surface area contributed by atoms with Crippen molar-refractivity contribution in [2.75, 3.05) is 0 Å². The number of rotatable bonds is 13. The molecule has 0 aromatic rings. The van der Waals surface area contributed by atoms with Crippen molar-refractivity contribution in [1.82, 2.24) is 0 Å². The lowest BCUT2D eigenvalue weighted by Gasteiger charge is -2.15. The highest BCUT2D eigenvalue weighted by molar-refractivity contribution is 4.59. The molecule has 110 valence electrons. The standard InChI is InChI=1S/C18H38/c1-5-8-9-10-11-12-14-17(4)15-13-16-18(6-2)7-3/h17-18H,5-16H2,1-4H3. The van der Waals surface area contributed by atoms with Crippen LogP contribution in [0.15, 0.2) is 0 Å².